The second kappa shape index (κ2) is 4.38. The summed E-state index contributed by atoms with van der Waals surface area (Å²) in [4.78, 5) is 11.9. The average Bonchev–Trinajstić information content (AvgIpc) is 2.15. The van der Waals surface area contributed by atoms with E-state index in [-0.39, 0.29) is 4.90 Å². The van der Waals surface area contributed by atoms with Crippen LogP contribution in [-0.4, -0.2) is 20.8 Å². The largest absolute Gasteiger partial charge is 0.320 e. The van der Waals surface area contributed by atoms with Gasteiger partial charge in [-0.25, -0.2) is 8.42 Å². The van der Waals surface area contributed by atoms with Gasteiger partial charge >= 0.3 is 5.37 Å². The van der Waals surface area contributed by atoms with Crippen LogP contribution in [0.25, 0.3) is 0 Å². The van der Waals surface area contributed by atoms with E-state index < -0.39 is 14.4 Å². The molecule has 0 aliphatic carbocycles. The van der Waals surface area contributed by atoms with E-state index in [4.69, 9.17) is 22.3 Å². The molecule has 0 radical (unpaired) electrons. The minimum absolute atomic E-state index is 0.0247. The van der Waals surface area contributed by atoms with Crippen LogP contribution in [0.1, 0.15) is 0 Å². The number of hydrogen-bond donors (Lipinski definition) is 0. The van der Waals surface area contributed by atoms with Crippen molar-refractivity contribution in [2.24, 2.45) is 0 Å². The number of benzene rings is 1. The molecule has 0 atom stereocenters. The van der Waals surface area contributed by atoms with E-state index in [2.05, 4.69) is 0 Å². The van der Waals surface area contributed by atoms with Crippen LogP contribution < -0.4 is 4.90 Å². The third-order valence-corrected chi connectivity index (χ3v) is 3.39. The molecule has 0 spiro atoms. The molecular formula is C8H7Cl2NO3S. The fraction of sp³-hybridized carbons (Fsp3) is 0.125. The highest BCUT2D eigenvalue weighted by Gasteiger charge is 2.11. The van der Waals surface area contributed by atoms with E-state index in [0.717, 1.165) is 0 Å². The normalized spacial score (nSPS) is 11.1. The molecule has 0 aromatic heterocycles. The molecule has 1 amide bonds. The van der Waals surface area contributed by atoms with Gasteiger partial charge in [-0.1, -0.05) is 0 Å². The number of carbonyl (C=O) groups excluding carboxylic acids is 1. The topological polar surface area (TPSA) is 54.5 Å². The van der Waals surface area contributed by atoms with Crippen molar-refractivity contribution in [1.82, 2.24) is 0 Å². The van der Waals surface area contributed by atoms with E-state index in [1.807, 2.05) is 0 Å². The zero-order valence-electron chi connectivity index (χ0n) is 7.65. The van der Waals surface area contributed by atoms with Crippen LogP contribution in [-0.2, 0) is 9.05 Å². The molecule has 82 valence electrons. The third-order valence-electron chi connectivity index (χ3n) is 1.77. The van der Waals surface area contributed by atoms with Gasteiger partial charge in [-0.2, -0.15) is 0 Å². The Kier molecular flexibility index (Phi) is 3.59. The molecule has 0 saturated heterocycles. The van der Waals surface area contributed by atoms with Crippen molar-refractivity contribution in [2.75, 3.05) is 11.9 Å². The van der Waals surface area contributed by atoms with Crippen molar-refractivity contribution >= 4 is 42.4 Å². The Bertz CT molecular complexity index is 469. The van der Waals surface area contributed by atoms with Gasteiger partial charge in [-0.05, 0) is 35.9 Å². The summed E-state index contributed by atoms with van der Waals surface area (Å²) in [5, 5.41) is -0.656. The minimum atomic E-state index is -3.73. The highest BCUT2D eigenvalue weighted by molar-refractivity contribution is 8.13. The summed E-state index contributed by atoms with van der Waals surface area (Å²) < 4.78 is 21.8. The van der Waals surface area contributed by atoms with Crippen LogP contribution in [0.2, 0.25) is 0 Å². The molecular weight excluding hydrogens is 261 g/mol. The predicted octanol–water partition coefficient (Wildman–Crippen LogP) is 2.41. The van der Waals surface area contributed by atoms with Crippen molar-refractivity contribution in [3.05, 3.63) is 24.3 Å². The fourth-order valence-corrected chi connectivity index (χ4v) is 1.80. The number of carbonyl (C=O) groups is 1. The second-order valence-electron chi connectivity index (χ2n) is 2.74. The van der Waals surface area contributed by atoms with Gasteiger partial charge in [0.05, 0.1) is 4.90 Å². The first-order chi connectivity index (χ1) is 6.82. The van der Waals surface area contributed by atoms with E-state index >= 15 is 0 Å². The van der Waals surface area contributed by atoms with Gasteiger partial charge in [-0.15, -0.1) is 0 Å². The first kappa shape index (κ1) is 12.3. The molecule has 0 heterocycles. The van der Waals surface area contributed by atoms with Gasteiger partial charge in [0.2, 0.25) is 0 Å². The molecule has 0 bridgehead atoms. The summed E-state index contributed by atoms with van der Waals surface area (Å²) in [5.41, 5.74) is 0.485. The maximum absolute atomic E-state index is 10.9. The molecule has 1 aromatic carbocycles. The van der Waals surface area contributed by atoms with E-state index in [9.17, 15) is 13.2 Å². The van der Waals surface area contributed by atoms with Gasteiger partial charge in [0.15, 0.2) is 0 Å². The first-order valence-electron chi connectivity index (χ1n) is 3.80. The molecule has 0 saturated carbocycles. The van der Waals surface area contributed by atoms with Crippen molar-refractivity contribution in [3.8, 4) is 0 Å². The van der Waals surface area contributed by atoms with E-state index in [0.29, 0.717) is 5.69 Å². The maximum atomic E-state index is 10.9. The van der Waals surface area contributed by atoms with Crippen LogP contribution in [0.3, 0.4) is 0 Å². The summed E-state index contributed by atoms with van der Waals surface area (Å²) in [6.45, 7) is 0. The summed E-state index contributed by atoms with van der Waals surface area (Å²) in [6, 6.07) is 5.48. The van der Waals surface area contributed by atoms with Crippen molar-refractivity contribution < 1.29 is 13.2 Å². The van der Waals surface area contributed by atoms with Crippen molar-refractivity contribution in [1.29, 1.82) is 0 Å². The van der Waals surface area contributed by atoms with Gasteiger partial charge < -0.3 is 4.90 Å². The maximum Gasteiger partial charge on any atom is 0.320 e. The number of rotatable bonds is 2. The number of hydrogen-bond acceptors (Lipinski definition) is 3. The monoisotopic (exact) mass is 267 g/mol. The second-order valence-corrected chi connectivity index (χ2v) is 5.63. The van der Waals surface area contributed by atoms with Gasteiger partial charge in [0.1, 0.15) is 0 Å². The highest BCUT2D eigenvalue weighted by Crippen LogP contribution is 2.20. The Morgan fingerprint density at radius 1 is 1.27 bits per heavy atom. The van der Waals surface area contributed by atoms with Crippen LogP contribution in [0, 0.1) is 0 Å². The predicted molar refractivity (Wildman–Crippen MR) is 59.1 cm³/mol. The Balaban J connectivity index is 3.06. The number of nitrogens with zero attached hydrogens (tertiary/aromatic N) is 1. The molecule has 15 heavy (non-hydrogen) atoms. The van der Waals surface area contributed by atoms with E-state index in [1.165, 1.54) is 36.2 Å². The first-order valence-corrected chi connectivity index (χ1v) is 6.49. The summed E-state index contributed by atoms with van der Waals surface area (Å²) >= 11 is 5.24. The Morgan fingerprint density at radius 3 is 2.07 bits per heavy atom. The minimum Gasteiger partial charge on any atom is -0.302 e. The van der Waals surface area contributed by atoms with Gasteiger partial charge in [0, 0.05) is 23.4 Å². The zero-order valence-corrected chi connectivity index (χ0v) is 9.97. The lowest BCUT2D eigenvalue weighted by atomic mass is 10.3. The van der Waals surface area contributed by atoms with Gasteiger partial charge in [0.25, 0.3) is 9.05 Å². The Hall–Kier alpha value is -0.780. The van der Waals surface area contributed by atoms with Crippen molar-refractivity contribution in [2.45, 2.75) is 4.90 Å². The average molecular weight is 268 g/mol. The van der Waals surface area contributed by atoms with Gasteiger partial charge in [-0.3, -0.25) is 4.79 Å². The standard InChI is InChI=1S/C8H7Cl2NO3S/c1-11(8(9)12)6-2-4-7(5-3-6)15(10,13)14/h2-5H,1H3. The Labute approximate surface area is 96.8 Å². The molecule has 1 rings (SSSR count). The summed E-state index contributed by atoms with van der Waals surface area (Å²) in [7, 11) is 2.86. The quantitative estimate of drug-likeness (QED) is 0.611. The number of halogens is 2. The molecule has 7 heteroatoms. The number of anilines is 1. The number of amides is 1. The lowest BCUT2D eigenvalue weighted by Gasteiger charge is -2.12. The summed E-state index contributed by atoms with van der Waals surface area (Å²) in [5.74, 6) is 0. The van der Waals surface area contributed by atoms with Crippen LogP contribution in [0.4, 0.5) is 10.5 Å². The van der Waals surface area contributed by atoms with E-state index in [1.54, 1.807) is 0 Å². The smallest absolute Gasteiger partial charge is 0.302 e. The lowest BCUT2D eigenvalue weighted by Crippen LogP contribution is -2.19. The zero-order chi connectivity index (χ0) is 11.6. The molecule has 0 unspecified atom stereocenters. The fourth-order valence-electron chi connectivity index (χ4n) is 0.934. The third kappa shape index (κ3) is 3.09. The Morgan fingerprint density at radius 2 is 1.73 bits per heavy atom. The van der Waals surface area contributed by atoms with Crippen LogP contribution in [0.5, 0.6) is 0 Å². The SMILES string of the molecule is CN(C(=O)Cl)c1ccc(S(=O)(=O)Cl)cc1. The van der Waals surface area contributed by atoms with Crippen molar-refractivity contribution in [3.63, 3.8) is 0 Å². The molecule has 0 aliphatic rings. The molecule has 0 fully saturated rings. The molecule has 1 aromatic rings. The molecule has 0 N–H and O–H groups in total. The summed E-state index contributed by atoms with van der Waals surface area (Å²) in [6.07, 6.45) is 0. The highest BCUT2D eigenvalue weighted by atomic mass is 35.7. The van der Waals surface area contributed by atoms with Crippen LogP contribution in [0.15, 0.2) is 29.2 Å². The molecule has 0 aliphatic heterocycles. The molecule has 4 nitrogen and oxygen atoms in total. The lowest BCUT2D eigenvalue weighted by molar-refractivity contribution is 0.265. The van der Waals surface area contributed by atoms with Crippen LogP contribution >= 0.6 is 22.3 Å².